The number of carbonyl (C=O) groups is 1. The van der Waals surface area contributed by atoms with E-state index < -0.39 is 0 Å². The first kappa shape index (κ1) is 20.4. The molecule has 2 aromatic carbocycles. The summed E-state index contributed by atoms with van der Waals surface area (Å²) >= 11 is 7.90. The van der Waals surface area contributed by atoms with E-state index in [2.05, 4.69) is 18.8 Å². The molecule has 5 nitrogen and oxygen atoms in total. The highest BCUT2D eigenvalue weighted by Gasteiger charge is 2.23. The molecule has 0 aliphatic rings. The third kappa shape index (κ3) is 4.23. The Morgan fingerprint density at radius 2 is 2.04 bits per heavy atom. The van der Waals surface area contributed by atoms with Crippen molar-refractivity contribution in [3.63, 3.8) is 0 Å². The summed E-state index contributed by atoms with van der Waals surface area (Å²) < 4.78 is 12.2. The van der Waals surface area contributed by atoms with Gasteiger partial charge in [0.1, 0.15) is 0 Å². The molecule has 0 bridgehead atoms. The van der Waals surface area contributed by atoms with Crippen LogP contribution >= 0.6 is 22.9 Å². The largest absolute Gasteiger partial charge is 0.493 e. The van der Waals surface area contributed by atoms with Crippen molar-refractivity contribution in [2.75, 3.05) is 25.2 Å². The van der Waals surface area contributed by atoms with Crippen LogP contribution in [0.15, 0.2) is 36.4 Å². The van der Waals surface area contributed by atoms with E-state index in [0.29, 0.717) is 46.3 Å². The lowest BCUT2D eigenvalue weighted by molar-refractivity contribution is 0.0988. The highest BCUT2D eigenvalue weighted by atomic mass is 35.5. The lowest BCUT2D eigenvalue weighted by atomic mass is 10.1. The van der Waals surface area contributed by atoms with E-state index in [1.54, 1.807) is 17.0 Å². The summed E-state index contributed by atoms with van der Waals surface area (Å²) in [6.45, 7) is 7.02. The Hall–Kier alpha value is -2.31. The number of halogens is 1. The van der Waals surface area contributed by atoms with Crippen molar-refractivity contribution < 1.29 is 14.3 Å². The third-order valence-corrected chi connectivity index (χ3v) is 5.45. The molecule has 0 aliphatic carbocycles. The van der Waals surface area contributed by atoms with Gasteiger partial charge in [0.05, 0.1) is 29.0 Å². The van der Waals surface area contributed by atoms with Crippen LogP contribution in [0.25, 0.3) is 10.2 Å². The number of ether oxygens (including phenoxy) is 2. The minimum Gasteiger partial charge on any atom is -0.493 e. The summed E-state index contributed by atoms with van der Waals surface area (Å²) in [6.07, 6.45) is 0. The van der Waals surface area contributed by atoms with Crippen LogP contribution in [0.1, 0.15) is 31.1 Å². The van der Waals surface area contributed by atoms with Gasteiger partial charge in [-0.2, -0.15) is 0 Å². The summed E-state index contributed by atoms with van der Waals surface area (Å²) in [6, 6.07) is 11.1. The summed E-state index contributed by atoms with van der Waals surface area (Å²) in [7, 11) is 1.54. The number of hydrogen-bond donors (Lipinski definition) is 0. The van der Waals surface area contributed by atoms with Crippen molar-refractivity contribution in [3.05, 3.63) is 47.0 Å². The molecule has 1 heterocycles. The fourth-order valence-electron chi connectivity index (χ4n) is 2.73. The maximum Gasteiger partial charge on any atom is 0.260 e. The number of amides is 1. The standard InChI is InChI=1S/C21H23ClN2O3S/c1-5-24(21-23-16-8-6-7-9-18(16)28-21)20(25)14-10-15(22)19(17(11-14)26-4)27-12-13(2)3/h6-11,13H,5,12H2,1-4H3. The van der Waals surface area contributed by atoms with Crippen molar-refractivity contribution in [1.82, 2.24) is 4.98 Å². The fraction of sp³-hybridized carbons (Fsp3) is 0.333. The molecule has 3 rings (SSSR count). The highest BCUT2D eigenvalue weighted by molar-refractivity contribution is 7.22. The number of para-hydroxylation sites is 1. The van der Waals surface area contributed by atoms with Gasteiger partial charge in [-0.25, -0.2) is 4.98 Å². The van der Waals surface area contributed by atoms with Crippen molar-refractivity contribution in [1.29, 1.82) is 0 Å². The molecule has 0 N–H and O–H groups in total. The first-order valence-electron chi connectivity index (χ1n) is 9.12. The maximum atomic E-state index is 13.2. The Bertz CT molecular complexity index is 954. The number of nitrogens with zero attached hydrogens (tertiary/aromatic N) is 2. The first-order valence-corrected chi connectivity index (χ1v) is 10.3. The van der Waals surface area contributed by atoms with Crippen molar-refractivity contribution in [2.24, 2.45) is 5.92 Å². The van der Waals surface area contributed by atoms with Crippen molar-refractivity contribution in [3.8, 4) is 11.5 Å². The summed E-state index contributed by atoms with van der Waals surface area (Å²) in [5, 5.41) is 1.01. The van der Waals surface area contributed by atoms with E-state index in [-0.39, 0.29) is 5.91 Å². The zero-order valence-electron chi connectivity index (χ0n) is 16.4. The predicted octanol–water partition coefficient (Wildman–Crippen LogP) is 5.66. The van der Waals surface area contributed by atoms with Crippen molar-refractivity contribution >= 4 is 44.2 Å². The van der Waals surface area contributed by atoms with Gasteiger partial charge in [-0.05, 0) is 37.1 Å². The second-order valence-electron chi connectivity index (χ2n) is 6.71. The number of thiazole rings is 1. The maximum absolute atomic E-state index is 13.2. The molecule has 148 valence electrons. The Morgan fingerprint density at radius 3 is 2.68 bits per heavy atom. The Labute approximate surface area is 173 Å². The summed E-state index contributed by atoms with van der Waals surface area (Å²) in [5.74, 6) is 1.06. The Kier molecular flexibility index (Phi) is 6.42. The molecule has 28 heavy (non-hydrogen) atoms. The minimum atomic E-state index is -0.183. The molecule has 3 aromatic rings. The van der Waals surface area contributed by atoms with E-state index in [4.69, 9.17) is 21.1 Å². The number of rotatable bonds is 7. The number of anilines is 1. The second kappa shape index (κ2) is 8.80. The van der Waals surface area contributed by atoms with E-state index in [1.807, 2.05) is 31.2 Å². The topological polar surface area (TPSA) is 51.7 Å². The number of methoxy groups -OCH3 is 1. The van der Waals surface area contributed by atoms with Gasteiger partial charge in [-0.3, -0.25) is 9.69 Å². The van der Waals surface area contributed by atoms with Crippen LogP contribution in [0.3, 0.4) is 0 Å². The van der Waals surface area contributed by atoms with Gasteiger partial charge in [0.2, 0.25) is 0 Å². The van der Waals surface area contributed by atoms with Crippen LogP contribution in [-0.4, -0.2) is 31.2 Å². The van der Waals surface area contributed by atoms with E-state index in [0.717, 1.165) is 10.2 Å². The number of hydrogen-bond acceptors (Lipinski definition) is 5. The van der Waals surface area contributed by atoms with E-state index in [9.17, 15) is 4.79 Å². The van der Waals surface area contributed by atoms with Gasteiger partial charge in [0, 0.05) is 12.1 Å². The number of carbonyl (C=O) groups excluding carboxylic acids is 1. The lowest BCUT2D eigenvalue weighted by Crippen LogP contribution is -2.30. The molecular formula is C21H23ClN2O3S. The molecule has 0 atom stereocenters. The molecular weight excluding hydrogens is 396 g/mol. The number of aromatic nitrogens is 1. The molecule has 0 saturated heterocycles. The van der Waals surface area contributed by atoms with E-state index >= 15 is 0 Å². The smallest absolute Gasteiger partial charge is 0.260 e. The second-order valence-corrected chi connectivity index (χ2v) is 8.12. The summed E-state index contributed by atoms with van der Waals surface area (Å²) in [4.78, 5) is 19.4. The fourth-order valence-corrected chi connectivity index (χ4v) is 4.02. The van der Waals surface area contributed by atoms with Crippen LogP contribution in [0, 0.1) is 5.92 Å². The van der Waals surface area contributed by atoms with Gasteiger partial charge < -0.3 is 9.47 Å². The van der Waals surface area contributed by atoms with Crippen LogP contribution in [0.5, 0.6) is 11.5 Å². The van der Waals surface area contributed by atoms with Gasteiger partial charge >= 0.3 is 0 Å². The molecule has 1 amide bonds. The highest BCUT2D eigenvalue weighted by Crippen LogP contribution is 2.38. The average molecular weight is 419 g/mol. The first-order chi connectivity index (χ1) is 13.4. The third-order valence-electron chi connectivity index (χ3n) is 4.11. The van der Waals surface area contributed by atoms with E-state index in [1.165, 1.54) is 18.4 Å². The lowest BCUT2D eigenvalue weighted by Gasteiger charge is -2.20. The summed E-state index contributed by atoms with van der Waals surface area (Å²) in [5.41, 5.74) is 1.31. The zero-order valence-corrected chi connectivity index (χ0v) is 17.9. The molecule has 0 spiro atoms. The molecule has 0 aliphatic heterocycles. The molecule has 7 heteroatoms. The minimum absolute atomic E-state index is 0.183. The Morgan fingerprint density at radius 1 is 1.29 bits per heavy atom. The van der Waals surface area contributed by atoms with Crippen LogP contribution in [0.2, 0.25) is 5.02 Å². The predicted molar refractivity (Wildman–Crippen MR) is 115 cm³/mol. The Balaban J connectivity index is 1.94. The van der Waals surface area contributed by atoms with Crippen LogP contribution in [0.4, 0.5) is 5.13 Å². The molecule has 0 saturated carbocycles. The monoisotopic (exact) mass is 418 g/mol. The normalized spacial score (nSPS) is 11.1. The number of benzene rings is 2. The quantitative estimate of drug-likeness (QED) is 0.496. The zero-order chi connectivity index (χ0) is 20.3. The van der Waals surface area contributed by atoms with Gasteiger partial charge in [0.25, 0.3) is 5.91 Å². The van der Waals surface area contributed by atoms with Gasteiger partial charge in [-0.1, -0.05) is 48.9 Å². The van der Waals surface area contributed by atoms with Gasteiger partial charge in [0.15, 0.2) is 16.6 Å². The SMILES string of the molecule is CCN(C(=O)c1cc(Cl)c(OCC(C)C)c(OC)c1)c1nc2ccccc2s1. The number of fused-ring (bicyclic) bond motifs is 1. The van der Waals surface area contributed by atoms with Crippen molar-refractivity contribution in [2.45, 2.75) is 20.8 Å². The van der Waals surface area contributed by atoms with Crippen LogP contribution < -0.4 is 14.4 Å². The molecule has 0 radical (unpaired) electrons. The molecule has 0 unspecified atom stereocenters. The van der Waals surface area contributed by atoms with Crippen LogP contribution in [-0.2, 0) is 0 Å². The average Bonchev–Trinajstić information content (AvgIpc) is 3.10. The van der Waals surface area contributed by atoms with Gasteiger partial charge in [-0.15, -0.1) is 0 Å². The molecule has 1 aromatic heterocycles. The molecule has 0 fully saturated rings.